The Kier molecular flexibility index (Phi) is 6.14. The van der Waals surface area contributed by atoms with Gasteiger partial charge in [0.25, 0.3) is 10.0 Å². The number of rotatable bonds is 4. The SMILES string of the molecule is CN(/N=C/c1ccncc1)S(=O)(=O)c1ccc(Cl)cc1.Cl. The summed E-state index contributed by atoms with van der Waals surface area (Å²) in [4.78, 5) is 4.01. The third-order valence-corrected chi connectivity index (χ3v) is 4.44. The molecule has 0 aliphatic heterocycles. The number of aromatic nitrogens is 1. The molecule has 1 heterocycles. The second kappa shape index (κ2) is 7.40. The van der Waals surface area contributed by atoms with Crippen molar-refractivity contribution in [3.63, 3.8) is 0 Å². The quantitative estimate of drug-likeness (QED) is 0.632. The molecule has 1 aromatic carbocycles. The van der Waals surface area contributed by atoms with E-state index < -0.39 is 10.0 Å². The lowest BCUT2D eigenvalue weighted by Gasteiger charge is -2.13. The molecule has 0 spiro atoms. The van der Waals surface area contributed by atoms with Crippen molar-refractivity contribution in [3.05, 3.63) is 59.4 Å². The van der Waals surface area contributed by atoms with Crippen molar-refractivity contribution >= 4 is 40.2 Å². The molecule has 8 heteroatoms. The zero-order chi connectivity index (χ0) is 14.6. The summed E-state index contributed by atoms with van der Waals surface area (Å²) in [5, 5.41) is 4.40. The lowest BCUT2D eigenvalue weighted by Crippen LogP contribution is -2.21. The largest absolute Gasteiger partial charge is 0.278 e. The second-order valence-electron chi connectivity index (χ2n) is 3.92. The predicted octanol–water partition coefficient (Wildman–Crippen LogP) is 2.81. The van der Waals surface area contributed by atoms with Gasteiger partial charge in [0.1, 0.15) is 0 Å². The third kappa shape index (κ3) is 4.42. The molecule has 5 nitrogen and oxygen atoms in total. The molecule has 0 saturated heterocycles. The predicted molar refractivity (Wildman–Crippen MR) is 85.5 cm³/mol. The van der Waals surface area contributed by atoms with Gasteiger partial charge in [-0.25, -0.2) is 0 Å². The topological polar surface area (TPSA) is 62.6 Å². The number of nitrogens with zero attached hydrogens (tertiary/aromatic N) is 3. The second-order valence-corrected chi connectivity index (χ2v) is 6.30. The van der Waals surface area contributed by atoms with E-state index in [2.05, 4.69) is 10.1 Å². The maximum absolute atomic E-state index is 12.2. The Morgan fingerprint density at radius 3 is 2.29 bits per heavy atom. The number of pyridine rings is 1. The van der Waals surface area contributed by atoms with Gasteiger partial charge in [-0.2, -0.15) is 17.9 Å². The van der Waals surface area contributed by atoms with Gasteiger partial charge < -0.3 is 0 Å². The highest BCUT2D eigenvalue weighted by Crippen LogP contribution is 2.17. The van der Waals surface area contributed by atoms with E-state index in [-0.39, 0.29) is 17.3 Å². The fourth-order valence-corrected chi connectivity index (χ4v) is 2.50. The summed E-state index contributed by atoms with van der Waals surface area (Å²) >= 11 is 5.74. The highest BCUT2D eigenvalue weighted by atomic mass is 35.5. The maximum Gasteiger partial charge on any atom is 0.278 e. The van der Waals surface area contributed by atoms with E-state index in [0.717, 1.165) is 9.98 Å². The van der Waals surface area contributed by atoms with Crippen LogP contribution in [0.1, 0.15) is 5.56 Å². The number of hydrazone groups is 1. The number of hydrogen-bond acceptors (Lipinski definition) is 4. The molecule has 0 aliphatic rings. The number of benzene rings is 1. The van der Waals surface area contributed by atoms with E-state index in [1.165, 1.54) is 37.5 Å². The standard InChI is InChI=1S/C13H12ClN3O2S.ClH/c1-17(16-10-11-6-8-15-9-7-11)20(18,19)13-4-2-12(14)3-5-13;/h2-10H,1H3;1H/b16-10+;. The normalized spacial score (nSPS) is 11.1. The molecular formula is C13H13Cl2N3O2S. The molecule has 2 aromatic rings. The molecule has 0 radical (unpaired) electrons. The fraction of sp³-hybridized carbons (Fsp3) is 0.0769. The van der Waals surface area contributed by atoms with Gasteiger partial charge in [-0.1, -0.05) is 11.6 Å². The van der Waals surface area contributed by atoms with Crippen molar-refractivity contribution < 1.29 is 8.42 Å². The van der Waals surface area contributed by atoms with Gasteiger partial charge in [-0.15, -0.1) is 12.4 Å². The van der Waals surface area contributed by atoms with Crippen LogP contribution < -0.4 is 0 Å². The van der Waals surface area contributed by atoms with Gasteiger partial charge in [0.05, 0.1) is 11.1 Å². The number of hydrogen-bond donors (Lipinski definition) is 0. The zero-order valence-electron chi connectivity index (χ0n) is 11.0. The van der Waals surface area contributed by atoms with Crippen LogP contribution in [-0.2, 0) is 10.0 Å². The lowest BCUT2D eigenvalue weighted by molar-refractivity contribution is 0.491. The summed E-state index contributed by atoms with van der Waals surface area (Å²) in [7, 11) is -2.29. The Bertz CT molecular complexity index is 704. The maximum atomic E-state index is 12.2. The zero-order valence-corrected chi connectivity index (χ0v) is 13.4. The van der Waals surface area contributed by atoms with Crippen LogP contribution in [-0.4, -0.2) is 31.1 Å². The van der Waals surface area contributed by atoms with Gasteiger partial charge in [0.15, 0.2) is 0 Å². The number of sulfonamides is 1. The minimum atomic E-state index is -3.66. The Balaban J connectivity index is 0.00000220. The van der Waals surface area contributed by atoms with E-state index in [4.69, 9.17) is 11.6 Å². The first kappa shape index (κ1) is 17.4. The molecule has 0 saturated carbocycles. The Hall–Kier alpha value is -1.63. The van der Waals surface area contributed by atoms with Crippen molar-refractivity contribution in [1.82, 2.24) is 9.40 Å². The van der Waals surface area contributed by atoms with Crippen LogP contribution in [0.25, 0.3) is 0 Å². The van der Waals surface area contributed by atoms with Crippen LogP contribution in [0.15, 0.2) is 58.8 Å². The highest BCUT2D eigenvalue weighted by Gasteiger charge is 2.18. The smallest absolute Gasteiger partial charge is 0.265 e. The molecular weight excluding hydrogens is 333 g/mol. The van der Waals surface area contributed by atoms with Crippen molar-refractivity contribution in [1.29, 1.82) is 0 Å². The molecule has 21 heavy (non-hydrogen) atoms. The first-order chi connectivity index (χ1) is 9.50. The molecule has 0 fully saturated rings. The number of halogens is 2. The molecule has 0 bridgehead atoms. The summed E-state index contributed by atoms with van der Waals surface area (Å²) in [5.41, 5.74) is 0.762. The van der Waals surface area contributed by atoms with Gasteiger partial charge in [-0.3, -0.25) is 4.98 Å². The van der Waals surface area contributed by atoms with Crippen LogP contribution in [0.5, 0.6) is 0 Å². The van der Waals surface area contributed by atoms with E-state index in [9.17, 15) is 8.42 Å². The minimum Gasteiger partial charge on any atom is -0.265 e. The van der Waals surface area contributed by atoms with E-state index in [1.807, 2.05) is 0 Å². The van der Waals surface area contributed by atoms with Gasteiger partial charge in [0, 0.05) is 24.5 Å². The van der Waals surface area contributed by atoms with Crippen LogP contribution >= 0.6 is 24.0 Å². The molecule has 0 atom stereocenters. The van der Waals surface area contributed by atoms with Crippen molar-refractivity contribution in [2.24, 2.45) is 5.10 Å². The first-order valence-electron chi connectivity index (χ1n) is 5.68. The Labute approximate surface area is 134 Å². The molecule has 0 unspecified atom stereocenters. The average Bonchev–Trinajstić information content (AvgIpc) is 2.46. The van der Waals surface area contributed by atoms with Crippen LogP contribution in [0.3, 0.4) is 0 Å². The van der Waals surface area contributed by atoms with Crippen molar-refractivity contribution in [2.45, 2.75) is 4.90 Å². The van der Waals surface area contributed by atoms with E-state index >= 15 is 0 Å². The molecule has 0 N–H and O–H groups in total. The molecule has 0 aliphatic carbocycles. The summed E-state index contributed by atoms with van der Waals surface area (Å²) in [6.07, 6.45) is 4.67. The summed E-state index contributed by atoms with van der Waals surface area (Å²) in [6, 6.07) is 9.38. The van der Waals surface area contributed by atoms with Crippen LogP contribution in [0.4, 0.5) is 0 Å². The third-order valence-electron chi connectivity index (χ3n) is 2.53. The Morgan fingerprint density at radius 2 is 1.71 bits per heavy atom. The van der Waals surface area contributed by atoms with Crippen molar-refractivity contribution in [3.8, 4) is 0 Å². The molecule has 1 aromatic heterocycles. The van der Waals surface area contributed by atoms with Crippen molar-refractivity contribution in [2.75, 3.05) is 7.05 Å². The van der Waals surface area contributed by atoms with E-state index in [1.54, 1.807) is 24.5 Å². The monoisotopic (exact) mass is 345 g/mol. The summed E-state index contributed by atoms with van der Waals surface area (Å²) in [5.74, 6) is 0. The van der Waals surface area contributed by atoms with Gasteiger partial charge in [-0.05, 0) is 42.0 Å². The van der Waals surface area contributed by atoms with Gasteiger partial charge >= 0.3 is 0 Å². The minimum absolute atomic E-state index is 0. The average molecular weight is 346 g/mol. The molecule has 112 valence electrons. The molecule has 0 amide bonds. The first-order valence-corrected chi connectivity index (χ1v) is 7.50. The summed E-state index contributed by atoms with van der Waals surface area (Å²) < 4.78 is 25.4. The highest BCUT2D eigenvalue weighted by molar-refractivity contribution is 7.89. The summed E-state index contributed by atoms with van der Waals surface area (Å²) in [6.45, 7) is 0. The van der Waals surface area contributed by atoms with E-state index in [0.29, 0.717) is 5.02 Å². The fourth-order valence-electron chi connectivity index (χ4n) is 1.42. The van der Waals surface area contributed by atoms with Crippen LogP contribution in [0, 0.1) is 0 Å². The van der Waals surface area contributed by atoms with Crippen LogP contribution in [0.2, 0.25) is 5.02 Å². The Morgan fingerprint density at radius 1 is 1.14 bits per heavy atom. The molecule has 2 rings (SSSR count). The van der Waals surface area contributed by atoms with Gasteiger partial charge in [0.2, 0.25) is 0 Å². The lowest BCUT2D eigenvalue weighted by atomic mass is 10.3.